The number of piperazine rings is 1. The van der Waals surface area contributed by atoms with Crippen molar-refractivity contribution in [3.8, 4) is 11.4 Å². The van der Waals surface area contributed by atoms with Crippen molar-refractivity contribution in [3.63, 3.8) is 0 Å². The van der Waals surface area contributed by atoms with E-state index in [0.29, 0.717) is 0 Å². The molecular weight excluding hydrogens is 358 g/mol. The lowest BCUT2D eigenvalue weighted by molar-refractivity contribution is 0.643. The molecule has 134 valence electrons. The second-order valence-electron chi connectivity index (χ2n) is 6.31. The number of thiazole rings is 1. The number of nitrogens with zero attached hydrogens (tertiary/aromatic N) is 7. The van der Waals surface area contributed by atoms with E-state index in [1.54, 1.807) is 17.5 Å². The van der Waals surface area contributed by atoms with Gasteiger partial charge in [-0.25, -0.2) is 4.98 Å². The molecule has 4 aromatic heterocycles. The molecule has 1 aliphatic heterocycles. The molecule has 0 saturated carbocycles. The van der Waals surface area contributed by atoms with Crippen LogP contribution in [0.1, 0.15) is 0 Å². The van der Waals surface area contributed by atoms with Crippen LogP contribution in [0.25, 0.3) is 21.6 Å². The third-order valence-electron chi connectivity index (χ3n) is 4.63. The number of fused-ring (bicyclic) bond motifs is 1. The summed E-state index contributed by atoms with van der Waals surface area (Å²) < 4.78 is 1.18. The average Bonchev–Trinajstić information content (AvgIpc) is 3.19. The highest BCUT2D eigenvalue weighted by atomic mass is 32.1. The quantitative estimate of drug-likeness (QED) is 0.545. The van der Waals surface area contributed by atoms with E-state index in [2.05, 4.69) is 30.0 Å². The number of aromatic nitrogens is 5. The van der Waals surface area contributed by atoms with E-state index in [4.69, 9.17) is 4.98 Å². The molecule has 0 amide bonds. The summed E-state index contributed by atoms with van der Waals surface area (Å²) in [5.41, 5.74) is 2.60. The van der Waals surface area contributed by atoms with Crippen molar-refractivity contribution in [2.75, 3.05) is 36.0 Å². The highest BCUT2D eigenvalue weighted by Gasteiger charge is 2.21. The number of hydrogen-bond acceptors (Lipinski definition) is 8. The van der Waals surface area contributed by atoms with Gasteiger partial charge in [-0.05, 0) is 30.3 Å². The summed E-state index contributed by atoms with van der Waals surface area (Å²) >= 11 is 1.72. The molecule has 7 nitrogen and oxygen atoms in total. The maximum absolute atomic E-state index is 4.71. The van der Waals surface area contributed by atoms with Gasteiger partial charge in [0.15, 0.2) is 10.9 Å². The molecule has 4 aromatic rings. The summed E-state index contributed by atoms with van der Waals surface area (Å²) in [7, 11) is 0. The first-order chi connectivity index (χ1) is 13.4. The van der Waals surface area contributed by atoms with Crippen LogP contribution in [0.4, 0.5) is 10.9 Å². The molecule has 5 heterocycles. The largest absolute Gasteiger partial charge is 0.352 e. The summed E-state index contributed by atoms with van der Waals surface area (Å²) in [5.74, 6) is 0.905. The zero-order chi connectivity index (χ0) is 18.1. The molecule has 0 aliphatic carbocycles. The van der Waals surface area contributed by atoms with Crippen molar-refractivity contribution >= 4 is 32.5 Å². The third-order valence-corrected chi connectivity index (χ3v) is 5.73. The van der Waals surface area contributed by atoms with Crippen LogP contribution in [0, 0.1) is 0 Å². The Hall–Kier alpha value is -3.13. The molecule has 5 rings (SSSR count). The molecular formula is C19H17N7S. The molecule has 1 fully saturated rings. The first-order valence-corrected chi connectivity index (χ1v) is 9.64. The number of pyridine rings is 2. The minimum absolute atomic E-state index is 0.793. The lowest BCUT2D eigenvalue weighted by Gasteiger charge is -2.34. The van der Waals surface area contributed by atoms with Gasteiger partial charge in [-0.3, -0.25) is 9.97 Å². The fourth-order valence-corrected chi connectivity index (χ4v) is 4.16. The van der Waals surface area contributed by atoms with E-state index >= 15 is 0 Å². The van der Waals surface area contributed by atoms with Crippen LogP contribution in [-0.2, 0) is 0 Å². The molecule has 0 bridgehead atoms. The summed E-state index contributed by atoms with van der Waals surface area (Å²) in [6.07, 6.45) is 5.40. The Morgan fingerprint density at radius 3 is 2.44 bits per heavy atom. The zero-order valence-electron chi connectivity index (χ0n) is 14.6. The molecule has 0 atom stereocenters. The average molecular weight is 375 g/mol. The predicted molar refractivity (Wildman–Crippen MR) is 107 cm³/mol. The van der Waals surface area contributed by atoms with Crippen LogP contribution >= 0.6 is 11.3 Å². The van der Waals surface area contributed by atoms with Crippen LogP contribution in [0.3, 0.4) is 0 Å². The van der Waals surface area contributed by atoms with Gasteiger partial charge in [0.2, 0.25) is 0 Å². The maximum atomic E-state index is 4.71. The maximum Gasteiger partial charge on any atom is 0.186 e. The van der Waals surface area contributed by atoms with E-state index < -0.39 is 0 Å². The van der Waals surface area contributed by atoms with Crippen molar-refractivity contribution in [2.24, 2.45) is 0 Å². The van der Waals surface area contributed by atoms with Crippen LogP contribution < -0.4 is 9.80 Å². The number of anilines is 2. The third kappa shape index (κ3) is 3.19. The summed E-state index contributed by atoms with van der Waals surface area (Å²) in [6.45, 7) is 3.62. The highest BCUT2D eigenvalue weighted by molar-refractivity contribution is 7.22. The first kappa shape index (κ1) is 16.1. The Balaban J connectivity index is 1.27. The molecule has 0 aromatic carbocycles. The minimum Gasteiger partial charge on any atom is -0.352 e. The van der Waals surface area contributed by atoms with E-state index in [9.17, 15) is 0 Å². The van der Waals surface area contributed by atoms with E-state index in [-0.39, 0.29) is 0 Å². The van der Waals surface area contributed by atoms with Gasteiger partial charge in [-0.15, -0.1) is 10.2 Å². The van der Waals surface area contributed by atoms with E-state index in [0.717, 1.165) is 54.0 Å². The Morgan fingerprint density at radius 1 is 0.815 bits per heavy atom. The molecule has 1 aliphatic rings. The molecule has 0 radical (unpaired) electrons. The zero-order valence-corrected chi connectivity index (χ0v) is 15.4. The predicted octanol–water partition coefficient (Wildman–Crippen LogP) is 2.87. The summed E-state index contributed by atoms with van der Waals surface area (Å²) in [4.78, 5) is 17.8. The van der Waals surface area contributed by atoms with E-state index in [1.807, 2.05) is 48.8 Å². The van der Waals surface area contributed by atoms with Gasteiger partial charge in [0.25, 0.3) is 0 Å². The van der Waals surface area contributed by atoms with Crippen molar-refractivity contribution in [3.05, 3.63) is 55.0 Å². The van der Waals surface area contributed by atoms with Gasteiger partial charge in [-0.2, -0.15) is 0 Å². The molecule has 8 heteroatoms. The Kier molecular flexibility index (Phi) is 4.10. The molecule has 0 N–H and O–H groups in total. The van der Waals surface area contributed by atoms with E-state index in [1.165, 1.54) is 4.70 Å². The molecule has 27 heavy (non-hydrogen) atoms. The fourth-order valence-electron chi connectivity index (χ4n) is 3.17. The Bertz CT molecular complexity index is 1010. The molecule has 1 saturated heterocycles. The number of hydrogen-bond donors (Lipinski definition) is 0. The van der Waals surface area contributed by atoms with Crippen molar-refractivity contribution < 1.29 is 0 Å². The lowest BCUT2D eigenvalue weighted by Crippen LogP contribution is -2.46. The smallest absolute Gasteiger partial charge is 0.186 e. The highest BCUT2D eigenvalue weighted by Crippen LogP contribution is 2.29. The first-order valence-electron chi connectivity index (χ1n) is 8.82. The van der Waals surface area contributed by atoms with Gasteiger partial charge in [0.1, 0.15) is 11.2 Å². The van der Waals surface area contributed by atoms with Gasteiger partial charge in [-0.1, -0.05) is 17.4 Å². The second-order valence-corrected chi connectivity index (χ2v) is 7.31. The number of rotatable bonds is 3. The van der Waals surface area contributed by atoms with Crippen molar-refractivity contribution in [2.45, 2.75) is 0 Å². The molecule has 0 spiro atoms. The summed E-state index contributed by atoms with van der Waals surface area (Å²) in [5, 5.41) is 9.82. The van der Waals surface area contributed by atoms with Gasteiger partial charge in [0, 0.05) is 38.6 Å². The normalized spacial score (nSPS) is 14.7. The van der Waals surface area contributed by atoms with Crippen LogP contribution in [0.2, 0.25) is 0 Å². The topological polar surface area (TPSA) is 70.9 Å². The fraction of sp³-hybridized carbons (Fsp3) is 0.211. The summed E-state index contributed by atoms with van der Waals surface area (Å²) in [6, 6.07) is 11.8. The second kappa shape index (κ2) is 6.88. The van der Waals surface area contributed by atoms with Crippen LogP contribution in [0.15, 0.2) is 55.0 Å². The standard InChI is InChI=1S/C19H17N7S/c1-2-7-21-14(3-1)15-4-5-18(24-23-15)25-9-11-26(12-10-25)19-22-16-13-20-8-6-17(16)27-19/h1-8,13H,9-12H2. The lowest BCUT2D eigenvalue weighted by atomic mass is 10.2. The van der Waals surface area contributed by atoms with Crippen molar-refractivity contribution in [1.29, 1.82) is 0 Å². The van der Waals surface area contributed by atoms with Crippen LogP contribution in [0.5, 0.6) is 0 Å². The van der Waals surface area contributed by atoms with Gasteiger partial charge < -0.3 is 9.80 Å². The van der Waals surface area contributed by atoms with Crippen molar-refractivity contribution in [1.82, 2.24) is 25.1 Å². The van der Waals surface area contributed by atoms with Crippen LogP contribution in [-0.4, -0.2) is 51.3 Å². The molecule has 0 unspecified atom stereocenters. The minimum atomic E-state index is 0.793. The SMILES string of the molecule is c1ccc(-c2ccc(N3CCN(c4nc5cnccc5s4)CC3)nn2)nc1. The monoisotopic (exact) mass is 375 g/mol. The Morgan fingerprint density at radius 2 is 1.70 bits per heavy atom. The van der Waals surface area contributed by atoms with Gasteiger partial charge >= 0.3 is 0 Å². The Labute approximate surface area is 160 Å². The van der Waals surface area contributed by atoms with Gasteiger partial charge in [0.05, 0.1) is 16.6 Å².